The minimum Gasteiger partial charge on any atom is -0.496 e. The van der Waals surface area contributed by atoms with Crippen molar-refractivity contribution >= 4 is 0 Å². The summed E-state index contributed by atoms with van der Waals surface area (Å²) in [7, 11) is 1.68. The van der Waals surface area contributed by atoms with Gasteiger partial charge in [-0.15, -0.1) is 0 Å². The normalized spacial score (nSPS) is 10.3. The van der Waals surface area contributed by atoms with Crippen molar-refractivity contribution in [3.05, 3.63) is 59.2 Å². The molecule has 0 radical (unpaired) electrons. The Kier molecular flexibility index (Phi) is 5.02. The van der Waals surface area contributed by atoms with Crippen molar-refractivity contribution in [2.75, 3.05) is 13.7 Å². The molecule has 0 aliphatic rings. The lowest BCUT2D eigenvalue weighted by molar-refractivity contribution is 0.296. The predicted octanol–water partition coefficient (Wildman–Crippen LogP) is 3.08. The van der Waals surface area contributed by atoms with Crippen molar-refractivity contribution in [3.63, 3.8) is 0 Å². The van der Waals surface area contributed by atoms with E-state index in [4.69, 9.17) is 15.2 Å². The minimum atomic E-state index is 0.497. The van der Waals surface area contributed by atoms with Crippen molar-refractivity contribution in [2.45, 2.75) is 20.0 Å². The Labute approximate surface area is 120 Å². The first-order valence-electron chi connectivity index (χ1n) is 6.78. The van der Waals surface area contributed by atoms with E-state index in [1.807, 2.05) is 30.3 Å². The maximum Gasteiger partial charge on any atom is 0.125 e. The molecule has 0 amide bonds. The second-order valence-electron chi connectivity index (χ2n) is 4.79. The smallest absolute Gasteiger partial charge is 0.125 e. The number of nitrogens with two attached hydrogens (primary N) is 1. The lowest BCUT2D eigenvalue weighted by Gasteiger charge is -2.12. The van der Waals surface area contributed by atoms with Crippen LogP contribution < -0.4 is 15.2 Å². The number of rotatable bonds is 6. The van der Waals surface area contributed by atoms with Crippen molar-refractivity contribution in [3.8, 4) is 11.5 Å². The molecule has 0 atom stereocenters. The molecule has 0 aliphatic heterocycles. The fourth-order valence-electron chi connectivity index (χ4n) is 2.14. The van der Waals surface area contributed by atoms with E-state index in [2.05, 4.69) is 19.1 Å². The Balaban J connectivity index is 2.08. The van der Waals surface area contributed by atoms with Crippen molar-refractivity contribution in [2.24, 2.45) is 5.73 Å². The Morgan fingerprint density at radius 3 is 2.70 bits per heavy atom. The highest BCUT2D eigenvalue weighted by Crippen LogP contribution is 2.22. The first-order chi connectivity index (χ1) is 9.72. The average molecular weight is 271 g/mol. The largest absolute Gasteiger partial charge is 0.496 e. The van der Waals surface area contributed by atoms with Gasteiger partial charge >= 0.3 is 0 Å². The van der Waals surface area contributed by atoms with Gasteiger partial charge in [-0.25, -0.2) is 0 Å². The molecule has 3 heteroatoms. The highest BCUT2D eigenvalue weighted by molar-refractivity contribution is 5.37. The van der Waals surface area contributed by atoms with Gasteiger partial charge in [0.2, 0.25) is 0 Å². The Morgan fingerprint density at radius 2 is 1.95 bits per heavy atom. The molecule has 0 aromatic heterocycles. The Hall–Kier alpha value is -2.00. The van der Waals surface area contributed by atoms with Gasteiger partial charge in [-0.1, -0.05) is 23.8 Å². The fraction of sp³-hybridized carbons (Fsp3) is 0.294. The van der Waals surface area contributed by atoms with Gasteiger partial charge in [-0.05, 0) is 49.7 Å². The van der Waals surface area contributed by atoms with Gasteiger partial charge in [0.15, 0.2) is 0 Å². The van der Waals surface area contributed by atoms with Crippen LogP contribution in [0.1, 0.15) is 16.7 Å². The van der Waals surface area contributed by atoms with Crippen LogP contribution in [0, 0.1) is 6.92 Å². The zero-order valence-electron chi connectivity index (χ0n) is 12.1. The zero-order valence-corrected chi connectivity index (χ0v) is 12.1. The summed E-state index contributed by atoms with van der Waals surface area (Å²) in [5.41, 5.74) is 9.02. The third kappa shape index (κ3) is 3.75. The number of hydrogen-bond donors (Lipinski definition) is 1. The van der Waals surface area contributed by atoms with Crippen LogP contribution in [0.25, 0.3) is 0 Å². The first-order valence-corrected chi connectivity index (χ1v) is 6.78. The second-order valence-corrected chi connectivity index (χ2v) is 4.79. The first kappa shape index (κ1) is 14.4. The van der Waals surface area contributed by atoms with Crippen LogP contribution in [0.5, 0.6) is 11.5 Å². The van der Waals surface area contributed by atoms with Gasteiger partial charge in [-0.2, -0.15) is 0 Å². The zero-order chi connectivity index (χ0) is 14.4. The van der Waals surface area contributed by atoms with Gasteiger partial charge < -0.3 is 15.2 Å². The van der Waals surface area contributed by atoms with E-state index in [9.17, 15) is 0 Å². The number of hydrogen-bond acceptors (Lipinski definition) is 3. The highest BCUT2D eigenvalue weighted by atomic mass is 16.5. The third-order valence-electron chi connectivity index (χ3n) is 3.16. The molecular weight excluding hydrogens is 250 g/mol. The Morgan fingerprint density at radius 1 is 1.10 bits per heavy atom. The van der Waals surface area contributed by atoms with Gasteiger partial charge in [0.05, 0.1) is 7.11 Å². The molecule has 0 saturated carbocycles. The summed E-state index contributed by atoms with van der Waals surface area (Å²) in [5.74, 6) is 1.72. The van der Waals surface area contributed by atoms with E-state index >= 15 is 0 Å². The molecule has 0 unspecified atom stereocenters. The second kappa shape index (κ2) is 6.96. The fourth-order valence-corrected chi connectivity index (χ4v) is 2.14. The topological polar surface area (TPSA) is 44.5 Å². The third-order valence-corrected chi connectivity index (χ3v) is 3.16. The summed E-state index contributed by atoms with van der Waals surface area (Å²) in [6.45, 7) is 3.21. The molecule has 0 heterocycles. The molecular formula is C17H21NO2. The summed E-state index contributed by atoms with van der Waals surface area (Å²) in [4.78, 5) is 0. The maximum atomic E-state index is 5.86. The van der Waals surface area contributed by atoms with E-state index in [0.29, 0.717) is 13.2 Å². The van der Waals surface area contributed by atoms with Crippen LogP contribution >= 0.6 is 0 Å². The van der Waals surface area contributed by atoms with Gasteiger partial charge in [0.25, 0.3) is 0 Å². The van der Waals surface area contributed by atoms with E-state index < -0.39 is 0 Å². The maximum absolute atomic E-state index is 5.86. The van der Waals surface area contributed by atoms with Gasteiger partial charge in [-0.3, -0.25) is 0 Å². The highest BCUT2D eigenvalue weighted by Gasteiger charge is 2.04. The van der Waals surface area contributed by atoms with Crippen LogP contribution in [-0.4, -0.2) is 13.7 Å². The Bertz CT molecular complexity index is 567. The SMILES string of the molecule is COc1ccc(C)cc1COc1cccc(CCN)c1. The lowest BCUT2D eigenvalue weighted by Crippen LogP contribution is -2.03. The predicted molar refractivity (Wildman–Crippen MR) is 81.3 cm³/mol. The molecule has 20 heavy (non-hydrogen) atoms. The van der Waals surface area contributed by atoms with Crippen molar-refractivity contribution < 1.29 is 9.47 Å². The molecule has 0 saturated heterocycles. The number of methoxy groups -OCH3 is 1. The van der Waals surface area contributed by atoms with Crippen LogP contribution in [0.4, 0.5) is 0 Å². The number of aryl methyl sites for hydroxylation is 1. The summed E-state index contributed by atoms with van der Waals surface area (Å²) in [6, 6.07) is 14.1. The lowest BCUT2D eigenvalue weighted by atomic mass is 10.1. The standard InChI is InChI=1S/C17H21NO2/c1-13-6-7-17(19-2)15(10-13)12-20-16-5-3-4-14(11-16)8-9-18/h3-7,10-11H,8-9,12,18H2,1-2H3. The molecule has 0 spiro atoms. The molecule has 2 N–H and O–H groups in total. The summed E-state index contributed by atoms with van der Waals surface area (Å²) >= 11 is 0. The van der Waals surface area contributed by atoms with E-state index in [1.54, 1.807) is 7.11 Å². The summed E-state index contributed by atoms with van der Waals surface area (Å²) < 4.78 is 11.2. The van der Waals surface area contributed by atoms with Crippen LogP contribution in [0.2, 0.25) is 0 Å². The summed E-state index contributed by atoms with van der Waals surface area (Å²) in [6.07, 6.45) is 0.866. The van der Waals surface area contributed by atoms with Crippen LogP contribution in [0.15, 0.2) is 42.5 Å². The van der Waals surface area contributed by atoms with Crippen molar-refractivity contribution in [1.29, 1.82) is 0 Å². The molecule has 106 valence electrons. The number of benzene rings is 2. The van der Waals surface area contributed by atoms with E-state index in [1.165, 1.54) is 11.1 Å². The monoisotopic (exact) mass is 271 g/mol. The number of ether oxygens (including phenoxy) is 2. The van der Waals surface area contributed by atoms with Crippen LogP contribution in [0.3, 0.4) is 0 Å². The molecule has 2 rings (SSSR count). The molecule has 3 nitrogen and oxygen atoms in total. The molecule has 0 aliphatic carbocycles. The van der Waals surface area contributed by atoms with Crippen molar-refractivity contribution in [1.82, 2.24) is 0 Å². The summed E-state index contributed by atoms with van der Waals surface area (Å²) in [5, 5.41) is 0. The molecule has 2 aromatic carbocycles. The average Bonchev–Trinajstić information content (AvgIpc) is 2.46. The van der Waals surface area contributed by atoms with Gasteiger partial charge in [0.1, 0.15) is 18.1 Å². The van der Waals surface area contributed by atoms with Gasteiger partial charge in [0, 0.05) is 5.56 Å². The molecule has 2 aromatic rings. The van der Waals surface area contributed by atoms with E-state index in [0.717, 1.165) is 23.5 Å². The quantitative estimate of drug-likeness (QED) is 0.878. The molecule has 0 bridgehead atoms. The van der Waals surface area contributed by atoms with Crippen LogP contribution in [-0.2, 0) is 13.0 Å². The van der Waals surface area contributed by atoms with E-state index in [-0.39, 0.29) is 0 Å². The molecule has 0 fully saturated rings. The minimum absolute atomic E-state index is 0.497.